The number of aromatic carboxylic acids is 1. The van der Waals surface area contributed by atoms with Crippen molar-refractivity contribution < 1.29 is 14.6 Å². The van der Waals surface area contributed by atoms with Crippen LogP contribution >= 0.6 is 0 Å². The molecule has 4 rings (SSSR count). The van der Waals surface area contributed by atoms with Gasteiger partial charge in [0.15, 0.2) is 5.75 Å². The lowest BCUT2D eigenvalue weighted by Gasteiger charge is -2.46. The van der Waals surface area contributed by atoms with E-state index in [4.69, 9.17) is 10.5 Å². The van der Waals surface area contributed by atoms with Gasteiger partial charge >= 0.3 is 5.97 Å². The van der Waals surface area contributed by atoms with Gasteiger partial charge in [-0.2, -0.15) is 0 Å². The van der Waals surface area contributed by atoms with Crippen LogP contribution in [0.15, 0.2) is 23.1 Å². The molecule has 1 unspecified atom stereocenters. The van der Waals surface area contributed by atoms with E-state index in [0.29, 0.717) is 23.2 Å². The number of anilines is 1. The number of benzene rings is 1. The van der Waals surface area contributed by atoms with Gasteiger partial charge in [-0.25, -0.2) is 4.79 Å². The number of pyridine rings is 1. The van der Waals surface area contributed by atoms with Crippen molar-refractivity contribution in [2.24, 2.45) is 5.73 Å². The predicted molar refractivity (Wildman–Crippen MR) is 109 cm³/mol. The van der Waals surface area contributed by atoms with Gasteiger partial charge in [-0.1, -0.05) is 0 Å². The molecule has 1 aliphatic carbocycles. The highest BCUT2D eigenvalue weighted by molar-refractivity contribution is 5.97. The van der Waals surface area contributed by atoms with Crippen molar-refractivity contribution in [3.8, 4) is 5.75 Å². The molecule has 1 aromatic heterocycles. The van der Waals surface area contributed by atoms with Crippen LogP contribution in [0.3, 0.4) is 0 Å². The monoisotopic (exact) mass is 385 g/mol. The van der Waals surface area contributed by atoms with Crippen LogP contribution in [0.2, 0.25) is 0 Å². The molecule has 0 radical (unpaired) electrons. The lowest BCUT2D eigenvalue weighted by atomic mass is 9.87. The maximum Gasteiger partial charge on any atom is 0.341 e. The molecule has 150 valence electrons. The number of ether oxygens (including phenoxy) is 1. The summed E-state index contributed by atoms with van der Waals surface area (Å²) in [5.41, 5.74) is 7.05. The van der Waals surface area contributed by atoms with Gasteiger partial charge in [-0.15, -0.1) is 0 Å². The molecule has 1 atom stereocenters. The van der Waals surface area contributed by atoms with Gasteiger partial charge in [0.05, 0.1) is 23.7 Å². The zero-order valence-corrected chi connectivity index (χ0v) is 16.6. The molecule has 3 N–H and O–H groups in total. The van der Waals surface area contributed by atoms with Crippen LogP contribution < -0.4 is 20.8 Å². The zero-order valence-electron chi connectivity index (χ0n) is 16.6. The second kappa shape index (κ2) is 6.51. The Labute approximate surface area is 163 Å². The first-order valence-electron chi connectivity index (χ1n) is 9.77. The van der Waals surface area contributed by atoms with Gasteiger partial charge in [-0.3, -0.25) is 4.79 Å². The Bertz CT molecular complexity index is 1010. The summed E-state index contributed by atoms with van der Waals surface area (Å²) in [6, 6.07) is 3.87. The Morgan fingerprint density at radius 3 is 2.61 bits per heavy atom. The minimum atomic E-state index is -1.20. The number of carboxylic acids is 1. The molecule has 1 aliphatic heterocycles. The fraction of sp³-hybridized carbons (Fsp3) is 0.524. The molecular weight excluding hydrogens is 358 g/mol. The van der Waals surface area contributed by atoms with E-state index in [1.165, 1.54) is 6.20 Å². The minimum Gasteiger partial charge on any atom is -0.492 e. The molecule has 1 saturated heterocycles. The maximum atomic E-state index is 12.8. The molecule has 7 heteroatoms. The number of hydrogen-bond donors (Lipinski definition) is 2. The van der Waals surface area contributed by atoms with E-state index >= 15 is 0 Å². The molecule has 0 spiro atoms. The highest BCUT2D eigenvalue weighted by Crippen LogP contribution is 2.44. The van der Waals surface area contributed by atoms with Crippen LogP contribution in [0.25, 0.3) is 10.9 Å². The molecule has 2 aliphatic rings. The van der Waals surface area contributed by atoms with E-state index in [-0.39, 0.29) is 23.2 Å². The van der Waals surface area contributed by atoms with Gasteiger partial charge in [0.2, 0.25) is 5.43 Å². The number of fused-ring (bicyclic) bond motifs is 1. The van der Waals surface area contributed by atoms with Gasteiger partial charge < -0.3 is 25.0 Å². The lowest BCUT2D eigenvalue weighted by molar-refractivity contribution is 0.0695. The smallest absolute Gasteiger partial charge is 0.341 e. The third-order valence-corrected chi connectivity index (χ3v) is 6.07. The number of nitrogens with zero attached hydrogens (tertiary/aromatic N) is 2. The third-order valence-electron chi connectivity index (χ3n) is 6.07. The summed E-state index contributed by atoms with van der Waals surface area (Å²) in [7, 11) is 1.60. The van der Waals surface area contributed by atoms with Crippen LogP contribution in [0.4, 0.5) is 5.69 Å². The number of piperidine rings is 1. The number of methoxy groups -OCH3 is 1. The predicted octanol–water partition coefficient (Wildman–Crippen LogP) is 2.75. The van der Waals surface area contributed by atoms with E-state index in [2.05, 4.69) is 18.7 Å². The summed E-state index contributed by atoms with van der Waals surface area (Å²) in [5, 5.41) is 9.85. The average Bonchev–Trinajstić information content (AvgIpc) is 3.48. The first-order chi connectivity index (χ1) is 13.2. The topological polar surface area (TPSA) is 97.8 Å². The third kappa shape index (κ3) is 2.94. The van der Waals surface area contributed by atoms with Crippen molar-refractivity contribution in [2.75, 3.05) is 18.6 Å². The fourth-order valence-corrected chi connectivity index (χ4v) is 4.29. The minimum absolute atomic E-state index is 0.0773. The van der Waals surface area contributed by atoms with E-state index < -0.39 is 11.4 Å². The van der Waals surface area contributed by atoms with Crippen molar-refractivity contribution in [3.05, 3.63) is 34.1 Å². The summed E-state index contributed by atoms with van der Waals surface area (Å²) < 4.78 is 7.74. The van der Waals surface area contributed by atoms with Gasteiger partial charge in [-0.05, 0) is 51.7 Å². The number of carbonyl (C=O) groups is 1. The van der Waals surface area contributed by atoms with Gasteiger partial charge in [0.25, 0.3) is 0 Å². The highest BCUT2D eigenvalue weighted by atomic mass is 16.5. The molecule has 0 amide bonds. The summed E-state index contributed by atoms with van der Waals surface area (Å²) in [4.78, 5) is 26.7. The van der Waals surface area contributed by atoms with Gasteiger partial charge in [0, 0.05) is 30.4 Å². The van der Waals surface area contributed by atoms with Crippen molar-refractivity contribution in [2.45, 2.75) is 57.2 Å². The Hall–Kier alpha value is -2.54. The van der Waals surface area contributed by atoms with Crippen molar-refractivity contribution in [1.29, 1.82) is 0 Å². The molecule has 28 heavy (non-hydrogen) atoms. The summed E-state index contributed by atoms with van der Waals surface area (Å²) >= 11 is 0. The van der Waals surface area contributed by atoms with Crippen molar-refractivity contribution >= 4 is 22.6 Å². The number of hydrogen-bond acceptors (Lipinski definition) is 5. The van der Waals surface area contributed by atoms with Crippen LogP contribution in [0.1, 0.15) is 55.9 Å². The highest BCUT2D eigenvalue weighted by Gasteiger charge is 2.36. The summed E-state index contributed by atoms with van der Waals surface area (Å²) in [5.74, 6) is -0.590. The first kappa shape index (κ1) is 18.8. The first-order valence-corrected chi connectivity index (χ1v) is 9.77. The number of rotatable bonds is 4. The maximum absolute atomic E-state index is 12.8. The van der Waals surface area contributed by atoms with Gasteiger partial charge in [0.1, 0.15) is 5.56 Å². The Morgan fingerprint density at radius 1 is 1.29 bits per heavy atom. The van der Waals surface area contributed by atoms with E-state index in [1.807, 2.05) is 10.6 Å². The fourth-order valence-electron chi connectivity index (χ4n) is 4.29. The zero-order chi connectivity index (χ0) is 20.2. The standard InChI is InChI=1S/C21H27N3O4/c1-21(2)9-8-12(22)10-24(21)16-7-6-14-17(19(16)28-3)23(13-4-5-13)11-15(18(14)25)20(26)27/h6-7,11-13H,4-5,8-10,22H2,1-3H3,(H,26,27). The van der Waals surface area contributed by atoms with Crippen LogP contribution in [-0.4, -0.2) is 40.9 Å². The van der Waals surface area contributed by atoms with E-state index in [9.17, 15) is 14.7 Å². The quantitative estimate of drug-likeness (QED) is 0.840. The Morgan fingerprint density at radius 2 is 2.00 bits per heavy atom. The normalized spacial score (nSPS) is 21.7. The molecule has 2 heterocycles. The van der Waals surface area contributed by atoms with Crippen molar-refractivity contribution in [3.63, 3.8) is 0 Å². The Balaban J connectivity index is 2.00. The SMILES string of the molecule is COc1c(N2CC(N)CCC2(C)C)ccc2c(=O)c(C(=O)O)cn(C3CC3)c12. The largest absolute Gasteiger partial charge is 0.492 e. The van der Waals surface area contributed by atoms with E-state index in [0.717, 1.165) is 31.4 Å². The molecule has 2 aromatic rings. The van der Waals surface area contributed by atoms with Crippen LogP contribution in [0, 0.1) is 0 Å². The molecule has 1 aromatic carbocycles. The van der Waals surface area contributed by atoms with Crippen LogP contribution in [0.5, 0.6) is 5.75 Å². The summed E-state index contributed by atoms with van der Waals surface area (Å²) in [6.45, 7) is 5.07. The molecule has 1 saturated carbocycles. The second-order valence-corrected chi connectivity index (χ2v) is 8.55. The average molecular weight is 385 g/mol. The van der Waals surface area contributed by atoms with E-state index in [1.54, 1.807) is 13.2 Å². The number of carboxylic acid groups (broad SMARTS) is 1. The lowest BCUT2D eigenvalue weighted by Crippen LogP contribution is -2.54. The number of nitrogens with two attached hydrogens (primary N) is 1. The molecule has 2 fully saturated rings. The second-order valence-electron chi connectivity index (χ2n) is 8.55. The van der Waals surface area contributed by atoms with Crippen LogP contribution in [-0.2, 0) is 0 Å². The van der Waals surface area contributed by atoms with Crippen molar-refractivity contribution in [1.82, 2.24) is 4.57 Å². The molecule has 0 bridgehead atoms. The summed E-state index contributed by atoms with van der Waals surface area (Å²) in [6.07, 6.45) is 5.33. The molecular formula is C21H27N3O4. The molecule has 7 nitrogen and oxygen atoms in total. The number of aromatic nitrogens is 1. The Kier molecular flexibility index (Phi) is 4.38.